The Kier molecular flexibility index (Phi) is 4.06. The summed E-state index contributed by atoms with van der Waals surface area (Å²) in [7, 11) is 0. The summed E-state index contributed by atoms with van der Waals surface area (Å²) in [4.78, 5) is 23.4. The van der Waals surface area contributed by atoms with E-state index in [1.54, 1.807) is 19.3 Å². The molecule has 0 heterocycles. The van der Waals surface area contributed by atoms with Crippen LogP contribution in [0.15, 0.2) is 12.3 Å². The average molecular weight is 210 g/mol. The molecule has 1 fully saturated rings. The summed E-state index contributed by atoms with van der Waals surface area (Å²) < 4.78 is 5.04. The molecule has 0 aromatic heterocycles. The van der Waals surface area contributed by atoms with Crippen molar-refractivity contribution in [2.45, 2.75) is 39.5 Å². The second-order valence-corrected chi connectivity index (χ2v) is 4.06. The summed E-state index contributed by atoms with van der Waals surface area (Å²) in [6.45, 7) is 4.24. The van der Waals surface area contributed by atoms with E-state index in [9.17, 15) is 9.59 Å². The fourth-order valence-electron chi connectivity index (χ4n) is 1.79. The zero-order valence-corrected chi connectivity index (χ0v) is 9.41. The molecule has 1 rings (SSSR count). The van der Waals surface area contributed by atoms with Crippen molar-refractivity contribution in [1.29, 1.82) is 0 Å². The van der Waals surface area contributed by atoms with Gasteiger partial charge in [0.1, 0.15) is 11.6 Å². The van der Waals surface area contributed by atoms with Crippen LogP contribution < -0.4 is 0 Å². The highest BCUT2D eigenvalue weighted by molar-refractivity contribution is 6.08. The van der Waals surface area contributed by atoms with Gasteiger partial charge in [-0.05, 0) is 32.8 Å². The van der Waals surface area contributed by atoms with Crippen LogP contribution >= 0.6 is 0 Å². The van der Waals surface area contributed by atoms with Crippen LogP contribution in [0.2, 0.25) is 0 Å². The minimum Gasteiger partial charge on any atom is -0.502 e. The van der Waals surface area contributed by atoms with Crippen LogP contribution in [0.4, 0.5) is 0 Å². The molecule has 0 aromatic carbocycles. The summed E-state index contributed by atoms with van der Waals surface area (Å²) in [6, 6.07) is 0. The van der Waals surface area contributed by atoms with Crippen molar-refractivity contribution in [2.75, 3.05) is 6.61 Å². The van der Waals surface area contributed by atoms with Gasteiger partial charge < -0.3 is 4.74 Å². The molecule has 1 saturated carbocycles. The Bertz CT molecular complexity index is 263. The molecule has 1 aliphatic carbocycles. The van der Waals surface area contributed by atoms with Crippen molar-refractivity contribution in [3.05, 3.63) is 12.3 Å². The van der Waals surface area contributed by atoms with Crippen molar-refractivity contribution < 1.29 is 14.3 Å². The first kappa shape index (κ1) is 12.0. The van der Waals surface area contributed by atoms with Gasteiger partial charge in [-0.2, -0.15) is 0 Å². The maximum Gasteiger partial charge on any atom is 0.146 e. The number of hydrogen-bond acceptors (Lipinski definition) is 3. The summed E-state index contributed by atoms with van der Waals surface area (Å²) in [5, 5.41) is 0. The molecule has 0 bridgehead atoms. The van der Waals surface area contributed by atoms with Gasteiger partial charge in [0, 0.05) is 12.8 Å². The van der Waals surface area contributed by atoms with Gasteiger partial charge in [-0.3, -0.25) is 9.59 Å². The van der Waals surface area contributed by atoms with Crippen LogP contribution in [0.3, 0.4) is 0 Å². The van der Waals surface area contributed by atoms with Crippen molar-refractivity contribution in [2.24, 2.45) is 5.41 Å². The lowest BCUT2D eigenvalue weighted by Gasteiger charge is -2.29. The maximum atomic E-state index is 11.7. The molecule has 0 aromatic rings. The highest BCUT2D eigenvalue weighted by Gasteiger charge is 2.41. The van der Waals surface area contributed by atoms with Crippen molar-refractivity contribution in [3.8, 4) is 0 Å². The van der Waals surface area contributed by atoms with Crippen molar-refractivity contribution in [1.82, 2.24) is 0 Å². The Morgan fingerprint density at radius 2 is 1.93 bits per heavy atom. The Morgan fingerprint density at radius 3 is 2.47 bits per heavy atom. The van der Waals surface area contributed by atoms with Gasteiger partial charge in [0.25, 0.3) is 0 Å². The fraction of sp³-hybridized carbons (Fsp3) is 0.667. The predicted molar refractivity (Wildman–Crippen MR) is 57.4 cm³/mol. The zero-order valence-electron chi connectivity index (χ0n) is 9.41. The number of rotatable bonds is 4. The second-order valence-electron chi connectivity index (χ2n) is 4.06. The largest absolute Gasteiger partial charge is 0.502 e. The number of carbonyl (C=O) groups is 2. The molecule has 0 saturated heterocycles. The van der Waals surface area contributed by atoms with E-state index >= 15 is 0 Å². The quantitative estimate of drug-likeness (QED) is 0.528. The average Bonchev–Trinajstić information content (AvgIpc) is 2.22. The summed E-state index contributed by atoms with van der Waals surface area (Å²) in [5.74, 6) is 0.139. The van der Waals surface area contributed by atoms with Gasteiger partial charge >= 0.3 is 0 Å². The topological polar surface area (TPSA) is 43.4 Å². The Morgan fingerprint density at radius 1 is 1.33 bits per heavy atom. The molecule has 0 unspecified atom stereocenters. The summed E-state index contributed by atoms with van der Waals surface area (Å²) >= 11 is 0. The monoisotopic (exact) mass is 210 g/mol. The van der Waals surface area contributed by atoms with Gasteiger partial charge in [0.2, 0.25) is 0 Å². The van der Waals surface area contributed by atoms with Gasteiger partial charge in [-0.1, -0.05) is 0 Å². The molecule has 1 aliphatic rings. The molecule has 0 N–H and O–H groups in total. The minimum absolute atomic E-state index is 0.0694. The predicted octanol–water partition coefficient (Wildman–Crippen LogP) is 2.26. The normalized spacial score (nSPS) is 20.9. The Balaban J connectivity index is 2.62. The first-order valence-corrected chi connectivity index (χ1v) is 5.44. The standard InChI is InChI=1S/C12H18O3/c1-3-15-9-5-8-12(2)10(13)6-4-7-11(12)14/h5,9H,3-4,6-8H2,1-2H3/b9-5+. The third kappa shape index (κ3) is 2.67. The lowest BCUT2D eigenvalue weighted by Crippen LogP contribution is -2.39. The SMILES string of the molecule is CCO/C=C/CC1(C)C(=O)CCCC1=O. The van der Waals surface area contributed by atoms with E-state index in [2.05, 4.69) is 0 Å². The second kappa shape index (κ2) is 5.10. The van der Waals surface area contributed by atoms with E-state index in [1.807, 2.05) is 6.92 Å². The van der Waals surface area contributed by atoms with E-state index in [4.69, 9.17) is 4.74 Å². The molecule has 0 atom stereocenters. The molecule has 84 valence electrons. The number of carbonyl (C=O) groups excluding carboxylic acids is 2. The molecular formula is C12H18O3. The molecule has 15 heavy (non-hydrogen) atoms. The molecule has 0 amide bonds. The smallest absolute Gasteiger partial charge is 0.146 e. The van der Waals surface area contributed by atoms with Crippen molar-refractivity contribution >= 4 is 11.6 Å². The third-order valence-electron chi connectivity index (χ3n) is 2.92. The first-order chi connectivity index (χ1) is 7.11. The lowest BCUT2D eigenvalue weighted by atomic mass is 9.71. The van der Waals surface area contributed by atoms with Gasteiger partial charge in [0.15, 0.2) is 0 Å². The first-order valence-electron chi connectivity index (χ1n) is 5.44. The van der Waals surface area contributed by atoms with Crippen LogP contribution in [0.25, 0.3) is 0 Å². The lowest BCUT2D eigenvalue weighted by molar-refractivity contribution is -0.142. The van der Waals surface area contributed by atoms with Gasteiger partial charge in [-0.15, -0.1) is 0 Å². The number of Topliss-reactive ketones (excluding diaryl/α,β-unsaturated/α-hetero) is 2. The van der Waals surface area contributed by atoms with Crippen LogP contribution in [0.1, 0.15) is 39.5 Å². The summed E-state index contributed by atoms with van der Waals surface area (Å²) in [6.07, 6.45) is 5.58. The van der Waals surface area contributed by atoms with E-state index < -0.39 is 5.41 Å². The van der Waals surface area contributed by atoms with E-state index in [0.29, 0.717) is 32.3 Å². The molecule has 0 spiro atoms. The summed E-state index contributed by atoms with van der Waals surface area (Å²) in [5.41, 5.74) is -0.800. The Hall–Kier alpha value is -1.12. The molecule has 0 radical (unpaired) electrons. The van der Waals surface area contributed by atoms with E-state index in [0.717, 1.165) is 0 Å². The van der Waals surface area contributed by atoms with Gasteiger partial charge in [0.05, 0.1) is 18.3 Å². The Labute approximate surface area is 90.5 Å². The molecule has 3 nitrogen and oxygen atoms in total. The van der Waals surface area contributed by atoms with Crippen LogP contribution in [-0.2, 0) is 14.3 Å². The third-order valence-corrected chi connectivity index (χ3v) is 2.92. The zero-order chi connectivity index (χ0) is 11.3. The molecular weight excluding hydrogens is 192 g/mol. The molecule has 3 heteroatoms. The fourth-order valence-corrected chi connectivity index (χ4v) is 1.79. The number of ether oxygens (including phenoxy) is 1. The molecule has 0 aliphatic heterocycles. The van der Waals surface area contributed by atoms with Crippen LogP contribution in [0, 0.1) is 5.41 Å². The van der Waals surface area contributed by atoms with Crippen LogP contribution in [-0.4, -0.2) is 18.2 Å². The number of ketones is 2. The minimum atomic E-state index is -0.800. The van der Waals surface area contributed by atoms with E-state index in [-0.39, 0.29) is 11.6 Å². The van der Waals surface area contributed by atoms with Crippen LogP contribution in [0.5, 0.6) is 0 Å². The number of hydrogen-bond donors (Lipinski definition) is 0. The van der Waals surface area contributed by atoms with E-state index in [1.165, 1.54) is 0 Å². The number of allylic oxidation sites excluding steroid dienone is 1. The van der Waals surface area contributed by atoms with Gasteiger partial charge in [-0.25, -0.2) is 0 Å². The highest BCUT2D eigenvalue weighted by atomic mass is 16.5. The highest BCUT2D eigenvalue weighted by Crippen LogP contribution is 2.33. The van der Waals surface area contributed by atoms with Crippen molar-refractivity contribution in [3.63, 3.8) is 0 Å². The maximum absolute atomic E-state index is 11.7.